The van der Waals surface area contributed by atoms with Crippen LogP contribution in [0.1, 0.15) is 68.9 Å². The van der Waals surface area contributed by atoms with Crippen molar-refractivity contribution in [3.63, 3.8) is 0 Å². The van der Waals surface area contributed by atoms with E-state index in [2.05, 4.69) is 43.0 Å². The van der Waals surface area contributed by atoms with Crippen molar-refractivity contribution in [1.82, 2.24) is 4.90 Å². The lowest BCUT2D eigenvalue weighted by molar-refractivity contribution is -0.253. The number of oxime groups is 1. The molecule has 0 radical (unpaired) electrons. The number of carbonyl (C=O) groups excluding carboxylic acids is 1. The predicted octanol–water partition coefficient (Wildman–Crippen LogP) is 10.1. The van der Waals surface area contributed by atoms with E-state index in [4.69, 9.17) is 28.9 Å². The maximum Gasteiger partial charge on any atom is 0.410 e. The third-order valence-corrected chi connectivity index (χ3v) is 12.1. The van der Waals surface area contributed by atoms with E-state index in [1.165, 1.54) is 0 Å². The fourth-order valence-corrected chi connectivity index (χ4v) is 9.36. The van der Waals surface area contributed by atoms with Gasteiger partial charge in [0.05, 0.1) is 18.2 Å². The molecule has 7 rings (SSSR count). The largest absolute Gasteiger partial charge is 0.459 e. The molecule has 1 amide bonds. The van der Waals surface area contributed by atoms with Crippen LogP contribution in [0.2, 0.25) is 0 Å². The summed E-state index contributed by atoms with van der Waals surface area (Å²) in [5.74, 6) is 0.247. The molecule has 6 atom stereocenters. The third kappa shape index (κ3) is 9.31. The average Bonchev–Trinajstić information content (AvgIpc) is 3.28. The van der Waals surface area contributed by atoms with Crippen LogP contribution in [0.4, 0.5) is 4.79 Å². The molecule has 0 saturated heterocycles. The minimum absolute atomic E-state index is 0.0844. The zero-order valence-corrected chi connectivity index (χ0v) is 34.8. The number of fused-ring (bicyclic) bond motifs is 2. The lowest BCUT2D eigenvalue weighted by Crippen LogP contribution is -2.69. The Kier molecular flexibility index (Phi) is 14.4. The van der Waals surface area contributed by atoms with Crippen LogP contribution in [-0.4, -0.2) is 72.2 Å². The number of allylic oxidation sites excluding steroid dienone is 1. The van der Waals surface area contributed by atoms with Gasteiger partial charge in [-0.15, -0.1) is 6.58 Å². The Morgan fingerprint density at radius 3 is 2.28 bits per heavy atom. The van der Waals surface area contributed by atoms with Crippen LogP contribution >= 0.6 is 0 Å². The quantitative estimate of drug-likeness (QED) is 0.0546. The highest BCUT2D eigenvalue weighted by Crippen LogP contribution is 2.62. The van der Waals surface area contributed by atoms with Crippen LogP contribution in [0.3, 0.4) is 0 Å². The molecule has 4 aromatic carbocycles. The Morgan fingerprint density at radius 2 is 1.58 bits per heavy atom. The molecule has 1 heterocycles. The topological polar surface area (TPSA) is 119 Å². The van der Waals surface area contributed by atoms with Gasteiger partial charge in [-0.25, -0.2) is 4.79 Å². The summed E-state index contributed by atoms with van der Waals surface area (Å²) >= 11 is 0. The summed E-state index contributed by atoms with van der Waals surface area (Å²) in [6.45, 7) is 6.79. The number of ether oxygens (including phenoxy) is 4. The second-order valence-electron chi connectivity index (χ2n) is 15.8. The number of nitrogens with zero attached hydrogens (tertiary/aromatic N) is 2. The van der Waals surface area contributed by atoms with Crippen molar-refractivity contribution in [1.29, 1.82) is 0 Å². The van der Waals surface area contributed by atoms with Crippen molar-refractivity contribution in [2.24, 2.45) is 22.9 Å². The summed E-state index contributed by atoms with van der Waals surface area (Å²) in [5.41, 5.74) is 5.79. The molecule has 10 nitrogen and oxygen atoms in total. The molecule has 10 heteroatoms. The van der Waals surface area contributed by atoms with Crippen molar-refractivity contribution in [2.75, 3.05) is 33.5 Å². The number of unbranched alkanes of at least 4 members (excludes halogenated alkanes) is 2. The lowest BCUT2D eigenvalue weighted by atomic mass is 9.55. The summed E-state index contributed by atoms with van der Waals surface area (Å²) in [4.78, 5) is 21.5. The van der Waals surface area contributed by atoms with Gasteiger partial charge < -0.3 is 38.9 Å². The van der Waals surface area contributed by atoms with Gasteiger partial charge in [0.2, 0.25) is 5.79 Å². The molecule has 60 heavy (non-hydrogen) atoms. The van der Waals surface area contributed by atoms with Gasteiger partial charge >= 0.3 is 6.09 Å². The minimum Gasteiger partial charge on any atom is -0.459 e. The number of amides is 1. The normalized spacial score (nSPS) is 23.4. The number of aliphatic hydroxyl groups excluding tert-OH is 2. The van der Waals surface area contributed by atoms with Gasteiger partial charge in [-0.1, -0.05) is 103 Å². The molecule has 1 aliphatic heterocycles. The summed E-state index contributed by atoms with van der Waals surface area (Å²) in [7, 11) is 1.73. The van der Waals surface area contributed by atoms with Gasteiger partial charge in [0.15, 0.2) is 0 Å². The Bertz CT molecular complexity index is 2090. The molecule has 316 valence electrons. The van der Waals surface area contributed by atoms with Crippen molar-refractivity contribution in [3.05, 3.63) is 139 Å². The molecule has 0 spiro atoms. The van der Waals surface area contributed by atoms with Gasteiger partial charge in [-0.3, -0.25) is 0 Å². The van der Waals surface area contributed by atoms with Crippen LogP contribution in [0.15, 0.2) is 133 Å². The number of carbonyl (C=O) groups is 1. The molecule has 0 unspecified atom stereocenters. The van der Waals surface area contributed by atoms with E-state index < -0.39 is 23.8 Å². The van der Waals surface area contributed by atoms with Gasteiger partial charge in [-0.05, 0) is 97.0 Å². The number of rotatable bonds is 19. The van der Waals surface area contributed by atoms with Gasteiger partial charge in [-0.2, -0.15) is 0 Å². The maximum atomic E-state index is 14.1. The van der Waals surface area contributed by atoms with E-state index in [0.29, 0.717) is 36.7 Å². The van der Waals surface area contributed by atoms with E-state index >= 15 is 0 Å². The molecular weight excluding hydrogens is 757 g/mol. The highest BCUT2D eigenvalue weighted by molar-refractivity contribution is 6.03. The zero-order chi connectivity index (χ0) is 41.9. The summed E-state index contributed by atoms with van der Waals surface area (Å²) < 4.78 is 26.7. The fraction of sp³-hybridized carbons (Fsp3) is 0.400. The average molecular weight is 815 g/mol. The fourth-order valence-electron chi connectivity index (χ4n) is 9.36. The Labute approximate surface area is 354 Å². The Hall–Kier alpha value is -5.42. The summed E-state index contributed by atoms with van der Waals surface area (Å²) in [5, 5.41) is 24.5. The van der Waals surface area contributed by atoms with Gasteiger partial charge in [0.1, 0.15) is 36.5 Å². The molecule has 3 aliphatic rings. The van der Waals surface area contributed by atoms with Crippen LogP contribution in [0.5, 0.6) is 17.2 Å². The first-order valence-electron chi connectivity index (χ1n) is 21.4. The van der Waals surface area contributed by atoms with E-state index in [1.54, 1.807) is 18.0 Å². The zero-order valence-electron chi connectivity index (χ0n) is 34.8. The lowest BCUT2D eigenvalue weighted by Gasteiger charge is -2.59. The number of hydrogen-bond donors (Lipinski definition) is 2. The highest BCUT2D eigenvalue weighted by Gasteiger charge is 2.65. The molecule has 2 aliphatic carbocycles. The van der Waals surface area contributed by atoms with E-state index in [9.17, 15) is 15.0 Å². The molecule has 0 aromatic heterocycles. The first kappa shape index (κ1) is 42.7. The summed E-state index contributed by atoms with van der Waals surface area (Å²) in [6, 6.07) is 33.2. The molecular formula is C50H58N2O8. The van der Waals surface area contributed by atoms with Gasteiger partial charge in [0.25, 0.3) is 0 Å². The number of hydrogen-bond acceptors (Lipinski definition) is 9. The number of likely N-dealkylation sites (N-methyl/N-ethyl adjacent to an activating group) is 1. The van der Waals surface area contributed by atoms with E-state index in [1.807, 2.05) is 79.7 Å². The predicted molar refractivity (Wildman–Crippen MR) is 233 cm³/mol. The maximum absolute atomic E-state index is 14.1. The van der Waals surface area contributed by atoms with Crippen LogP contribution in [-0.2, 0) is 20.9 Å². The van der Waals surface area contributed by atoms with Crippen molar-refractivity contribution in [2.45, 2.75) is 76.2 Å². The van der Waals surface area contributed by atoms with Gasteiger partial charge in [0, 0.05) is 38.2 Å². The Balaban J connectivity index is 1.34. The van der Waals surface area contributed by atoms with E-state index in [0.717, 1.165) is 59.2 Å². The van der Waals surface area contributed by atoms with Crippen molar-refractivity contribution in [3.8, 4) is 28.4 Å². The van der Waals surface area contributed by atoms with Crippen LogP contribution in [0.25, 0.3) is 11.1 Å². The second kappa shape index (κ2) is 20.2. The minimum atomic E-state index is -1.37. The second-order valence-corrected chi connectivity index (χ2v) is 15.8. The van der Waals surface area contributed by atoms with Crippen molar-refractivity contribution < 1.29 is 38.8 Å². The smallest absolute Gasteiger partial charge is 0.410 e. The highest BCUT2D eigenvalue weighted by atomic mass is 16.7. The first-order chi connectivity index (χ1) is 29.4. The monoisotopic (exact) mass is 814 g/mol. The van der Waals surface area contributed by atoms with E-state index in [-0.39, 0.29) is 50.6 Å². The Morgan fingerprint density at radius 1 is 0.900 bits per heavy atom. The molecule has 4 aromatic rings. The first-order valence-corrected chi connectivity index (χ1v) is 21.4. The van der Waals surface area contributed by atoms with Crippen molar-refractivity contribution >= 4 is 11.8 Å². The molecule has 2 N–H and O–H groups in total. The number of aliphatic hydroxyl groups is 2. The molecule has 0 bridgehead atoms. The molecule has 1 fully saturated rings. The van der Waals surface area contributed by atoms with Crippen LogP contribution < -0.4 is 9.47 Å². The molecule has 1 saturated carbocycles. The third-order valence-electron chi connectivity index (χ3n) is 12.1. The standard InChI is InChI=1S/C50H58N2O8/c1-4-30-57-50-46(52(3)49(55)56-34-35-16-8-6-9-17-35)33-44(51-58-5-2)42-31-38(20-12-14-28-53)41(21-13-15-29-54)47(48(42)50)43-32-40(26-27-45(43)60-50)59-39-24-22-37(23-25-39)36-18-10-7-11-19-36/h4,6-11,16-19,22-27,31-32,38,41,46-48,53-54H,1,5,12-15,20-21,28-30,33-34H2,2-3H3/t38-,41+,46-,47+,48+,50+/m0/s1. The SMILES string of the molecule is C=CCO[C@@]12Oc3ccc(Oc4ccc(-c5ccccc5)cc4)cc3[C@H]3[C@H](CCCCO)[C@@H](CCCCO)C=C(C(=NOCC)C[C@@H]1N(C)C(=O)OCc1ccccc1)[C@H]32. The summed E-state index contributed by atoms with van der Waals surface area (Å²) in [6.07, 6.45) is 8.54. The van der Waals surface area contributed by atoms with Crippen LogP contribution in [0, 0.1) is 17.8 Å². The number of benzene rings is 4.